The van der Waals surface area contributed by atoms with Crippen molar-refractivity contribution >= 4 is 5.91 Å². The van der Waals surface area contributed by atoms with Gasteiger partial charge in [0.05, 0.1) is 11.6 Å². The number of carbonyl (C=O) groups is 1. The zero-order valence-electron chi connectivity index (χ0n) is 14.2. The molecule has 2 heterocycles. The van der Waals surface area contributed by atoms with Gasteiger partial charge < -0.3 is 4.90 Å². The van der Waals surface area contributed by atoms with Gasteiger partial charge in [0.25, 0.3) is 0 Å². The van der Waals surface area contributed by atoms with Crippen molar-refractivity contribution in [2.24, 2.45) is 0 Å². The molecule has 4 nitrogen and oxygen atoms in total. The average Bonchev–Trinajstić information content (AvgIpc) is 3.24. The molecule has 0 N–H and O–H groups in total. The van der Waals surface area contributed by atoms with E-state index in [1.807, 2.05) is 17.9 Å². The average molecular weight is 329 g/mol. The Hall–Kier alpha value is -1.93. The molecule has 1 aromatic rings. The maximum Gasteiger partial charge on any atom is 0.222 e. The van der Waals surface area contributed by atoms with Gasteiger partial charge in [-0.05, 0) is 44.4 Å². The van der Waals surface area contributed by atoms with E-state index in [0.29, 0.717) is 30.1 Å². The molecule has 2 fully saturated rings. The molecule has 0 aliphatic carbocycles. The summed E-state index contributed by atoms with van der Waals surface area (Å²) in [5.74, 6) is -0.0819. The third kappa shape index (κ3) is 3.29. The van der Waals surface area contributed by atoms with Gasteiger partial charge in [0.2, 0.25) is 5.91 Å². The first-order valence-electron chi connectivity index (χ1n) is 8.86. The van der Waals surface area contributed by atoms with Gasteiger partial charge in [-0.3, -0.25) is 9.69 Å². The van der Waals surface area contributed by atoms with Crippen LogP contribution in [-0.4, -0.2) is 40.9 Å². The molecule has 0 aromatic heterocycles. The van der Waals surface area contributed by atoms with E-state index >= 15 is 0 Å². The Kier molecular flexibility index (Phi) is 5.15. The summed E-state index contributed by atoms with van der Waals surface area (Å²) in [5.41, 5.74) is 0.983. The molecule has 0 bridgehead atoms. The van der Waals surface area contributed by atoms with E-state index in [4.69, 9.17) is 5.26 Å². The Labute approximate surface area is 142 Å². The van der Waals surface area contributed by atoms with Gasteiger partial charge >= 0.3 is 0 Å². The number of rotatable bonds is 4. The van der Waals surface area contributed by atoms with Gasteiger partial charge in [0.1, 0.15) is 5.82 Å². The van der Waals surface area contributed by atoms with Gasteiger partial charge in [-0.25, -0.2) is 4.39 Å². The molecule has 3 rings (SSSR count). The van der Waals surface area contributed by atoms with E-state index in [0.717, 1.165) is 38.8 Å². The van der Waals surface area contributed by atoms with Gasteiger partial charge in [-0.1, -0.05) is 13.0 Å². The number of carbonyl (C=O) groups excluding carboxylic acids is 1. The lowest BCUT2D eigenvalue weighted by atomic mass is 10.0. The summed E-state index contributed by atoms with van der Waals surface area (Å²) in [6.07, 6.45) is 4.81. The second kappa shape index (κ2) is 7.31. The van der Waals surface area contributed by atoms with Crippen LogP contribution in [0.1, 0.15) is 50.2 Å². The Balaban J connectivity index is 1.74. The Morgan fingerprint density at radius 3 is 2.75 bits per heavy atom. The molecule has 0 spiro atoms. The Morgan fingerprint density at radius 1 is 1.29 bits per heavy atom. The normalized spacial score (nSPS) is 24.3. The molecule has 0 radical (unpaired) electrons. The Bertz CT molecular complexity index is 655. The molecule has 1 amide bonds. The monoisotopic (exact) mass is 329 g/mol. The minimum absolute atomic E-state index is 0.230. The van der Waals surface area contributed by atoms with E-state index in [1.165, 1.54) is 6.07 Å². The summed E-state index contributed by atoms with van der Waals surface area (Å²) in [6, 6.07) is 7.25. The van der Waals surface area contributed by atoms with Gasteiger partial charge in [-0.15, -0.1) is 0 Å². The van der Waals surface area contributed by atoms with E-state index in [2.05, 4.69) is 4.90 Å². The molecule has 128 valence electrons. The van der Waals surface area contributed by atoms with Gasteiger partial charge in [0, 0.05) is 37.2 Å². The Morgan fingerprint density at radius 2 is 2.04 bits per heavy atom. The van der Waals surface area contributed by atoms with Crippen molar-refractivity contribution in [3.63, 3.8) is 0 Å². The van der Waals surface area contributed by atoms with Gasteiger partial charge in [0.15, 0.2) is 0 Å². The summed E-state index contributed by atoms with van der Waals surface area (Å²) in [7, 11) is 0. The largest absolute Gasteiger partial charge is 0.338 e. The second-order valence-corrected chi connectivity index (χ2v) is 6.75. The van der Waals surface area contributed by atoms with Crippen molar-refractivity contribution in [3.8, 4) is 6.07 Å². The molecule has 1 aromatic carbocycles. The highest BCUT2D eigenvalue weighted by Crippen LogP contribution is 2.31. The standard InChI is InChI=1S/C19H24FN3O/c1-2-19(24)23-10-4-6-18(23)17-5-3-9-22(17)13-15-8-7-14(12-21)11-16(15)20/h7-8,11,17-18H,2-6,9-10,13H2,1H3/t17-,18-/m1/s1. The van der Waals surface area contributed by atoms with Crippen molar-refractivity contribution in [1.82, 2.24) is 9.80 Å². The van der Waals surface area contributed by atoms with Crippen LogP contribution in [-0.2, 0) is 11.3 Å². The predicted octanol–water partition coefficient (Wildman–Crippen LogP) is 3.06. The van der Waals surface area contributed by atoms with E-state index in [1.54, 1.807) is 12.1 Å². The van der Waals surface area contributed by atoms with Crippen LogP contribution < -0.4 is 0 Å². The fraction of sp³-hybridized carbons (Fsp3) is 0.579. The smallest absolute Gasteiger partial charge is 0.222 e. The molecule has 2 aliphatic rings. The van der Waals surface area contributed by atoms with Gasteiger partial charge in [-0.2, -0.15) is 5.26 Å². The fourth-order valence-electron chi connectivity index (χ4n) is 4.15. The highest BCUT2D eigenvalue weighted by molar-refractivity contribution is 5.76. The lowest BCUT2D eigenvalue weighted by Gasteiger charge is -2.35. The maximum atomic E-state index is 14.2. The molecule has 2 atom stereocenters. The van der Waals surface area contributed by atoms with Crippen LogP contribution in [0.5, 0.6) is 0 Å². The second-order valence-electron chi connectivity index (χ2n) is 6.75. The first kappa shape index (κ1) is 16.9. The highest BCUT2D eigenvalue weighted by Gasteiger charge is 2.39. The highest BCUT2D eigenvalue weighted by atomic mass is 19.1. The zero-order valence-corrected chi connectivity index (χ0v) is 14.2. The molecule has 2 saturated heterocycles. The number of nitriles is 1. The molecule has 5 heteroatoms. The van der Waals surface area contributed by atoms with Crippen LogP contribution in [0, 0.1) is 17.1 Å². The number of likely N-dealkylation sites (tertiary alicyclic amines) is 2. The van der Waals surface area contributed by atoms with Crippen molar-refractivity contribution in [2.75, 3.05) is 13.1 Å². The number of benzene rings is 1. The zero-order chi connectivity index (χ0) is 17.1. The third-order valence-electron chi connectivity index (χ3n) is 5.34. The summed E-state index contributed by atoms with van der Waals surface area (Å²) in [6.45, 7) is 4.25. The number of halogens is 1. The van der Waals surface area contributed by atoms with Crippen molar-refractivity contribution in [3.05, 3.63) is 35.1 Å². The third-order valence-corrected chi connectivity index (χ3v) is 5.34. The summed E-state index contributed by atoms with van der Waals surface area (Å²) in [4.78, 5) is 16.5. The molecule has 0 saturated carbocycles. The van der Waals surface area contributed by atoms with Crippen molar-refractivity contribution in [2.45, 2.75) is 57.7 Å². The van der Waals surface area contributed by atoms with Crippen LogP contribution in [0.4, 0.5) is 4.39 Å². The molecular weight excluding hydrogens is 305 g/mol. The quantitative estimate of drug-likeness (QED) is 0.853. The topological polar surface area (TPSA) is 47.3 Å². The lowest BCUT2D eigenvalue weighted by molar-refractivity contribution is -0.132. The van der Waals surface area contributed by atoms with E-state index in [9.17, 15) is 9.18 Å². The number of nitrogens with zero attached hydrogens (tertiary/aromatic N) is 3. The number of amides is 1. The van der Waals surface area contributed by atoms with Crippen LogP contribution in [0.3, 0.4) is 0 Å². The minimum atomic E-state index is -0.312. The fourth-order valence-corrected chi connectivity index (χ4v) is 4.15. The first-order chi connectivity index (χ1) is 11.6. The van der Waals surface area contributed by atoms with Crippen LogP contribution in [0.15, 0.2) is 18.2 Å². The SMILES string of the molecule is CCC(=O)N1CCC[C@@H]1[C@H]1CCCN1Cc1ccc(C#N)cc1F. The summed E-state index contributed by atoms with van der Waals surface area (Å²) >= 11 is 0. The summed E-state index contributed by atoms with van der Waals surface area (Å²) in [5, 5.41) is 8.86. The number of hydrogen-bond acceptors (Lipinski definition) is 3. The van der Waals surface area contributed by atoms with Crippen LogP contribution in [0.25, 0.3) is 0 Å². The molecule has 2 aliphatic heterocycles. The minimum Gasteiger partial charge on any atom is -0.338 e. The predicted molar refractivity (Wildman–Crippen MR) is 89.6 cm³/mol. The molecule has 0 unspecified atom stereocenters. The first-order valence-corrected chi connectivity index (χ1v) is 8.86. The molecular formula is C19H24FN3O. The summed E-state index contributed by atoms with van der Waals surface area (Å²) < 4.78 is 14.2. The lowest BCUT2D eigenvalue weighted by Crippen LogP contribution is -2.47. The van der Waals surface area contributed by atoms with Crippen LogP contribution >= 0.6 is 0 Å². The van der Waals surface area contributed by atoms with E-state index < -0.39 is 0 Å². The van der Waals surface area contributed by atoms with Crippen molar-refractivity contribution < 1.29 is 9.18 Å². The maximum absolute atomic E-state index is 14.2. The van der Waals surface area contributed by atoms with Crippen LogP contribution in [0.2, 0.25) is 0 Å². The van der Waals surface area contributed by atoms with E-state index in [-0.39, 0.29) is 17.8 Å². The molecule has 24 heavy (non-hydrogen) atoms. The van der Waals surface area contributed by atoms with Crippen molar-refractivity contribution in [1.29, 1.82) is 5.26 Å². The number of hydrogen-bond donors (Lipinski definition) is 0.